The first-order valence-corrected chi connectivity index (χ1v) is 44.4. The van der Waals surface area contributed by atoms with Gasteiger partial charge in [0.15, 0.2) is 0 Å². The minimum absolute atomic E-state index is 0.632. The topological polar surface area (TPSA) is 6.48 Å². The summed E-state index contributed by atoms with van der Waals surface area (Å²) in [7, 11) is 0. The molecule has 2 aliphatic rings. The van der Waals surface area contributed by atoms with Crippen molar-refractivity contribution in [1.82, 2.24) is 0 Å². The lowest BCUT2D eigenvalue weighted by molar-refractivity contribution is 0.768. The van der Waals surface area contributed by atoms with Crippen molar-refractivity contribution in [2.75, 3.05) is 9.80 Å². The molecule has 2 nitrogen and oxygen atoms in total. The van der Waals surface area contributed by atoms with Crippen molar-refractivity contribution in [3.05, 3.63) is 554 Å². The van der Waals surface area contributed by atoms with Crippen LogP contribution in [0.2, 0.25) is 0 Å². The average Bonchev–Trinajstić information content (AvgIpc) is 1.52. The van der Waals surface area contributed by atoms with Crippen LogP contribution in [0.4, 0.5) is 34.1 Å². The fourth-order valence-corrected chi connectivity index (χ4v) is 21.7. The highest BCUT2D eigenvalue weighted by atomic mass is 15.2. The molecule has 0 saturated carbocycles. The highest BCUT2D eigenvalue weighted by Gasteiger charge is 2.48. The van der Waals surface area contributed by atoms with Crippen LogP contribution in [0.5, 0.6) is 0 Å². The molecule has 0 saturated heterocycles. The lowest BCUT2D eigenvalue weighted by Gasteiger charge is -2.35. The predicted octanol–water partition coefficient (Wildman–Crippen LogP) is 33.6. The van der Waals surface area contributed by atoms with E-state index < -0.39 is 10.8 Å². The number of anilines is 6. The zero-order valence-electron chi connectivity index (χ0n) is 70.4. The Morgan fingerprint density at radius 3 is 0.836 bits per heavy atom. The summed E-state index contributed by atoms with van der Waals surface area (Å²) in [6.45, 7) is 0. The van der Waals surface area contributed by atoms with E-state index in [1.165, 1.54) is 99.3 Å². The molecule has 0 bridgehead atoms. The van der Waals surface area contributed by atoms with E-state index in [1.807, 2.05) is 0 Å². The van der Waals surface area contributed by atoms with E-state index in [4.69, 9.17) is 0 Å². The molecule has 0 atom stereocenters. The van der Waals surface area contributed by atoms with Crippen molar-refractivity contribution in [1.29, 1.82) is 0 Å². The van der Waals surface area contributed by atoms with Crippen LogP contribution in [0, 0.1) is 0 Å². The van der Waals surface area contributed by atoms with Gasteiger partial charge in [0.2, 0.25) is 0 Å². The van der Waals surface area contributed by atoms with E-state index >= 15 is 0 Å². The van der Waals surface area contributed by atoms with Crippen molar-refractivity contribution in [3.63, 3.8) is 0 Å². The van der Waals surface area contributed by atoms with Crippen LogP contribution < -0.4 is 9.80 Å². The molecule has 22 aromatic carbocycles. The van der Waals surface area contributed by atoms with Crippen LogP contribution in [0.3, 0.4) is 0 Å². The zero-order chi connectivity index (χ0) is 84.6. The molecule has 0 spiro atoms. The van der Waals surface area contributed by atoms with Gasteiger partial charge >= 0.3 is 0 Å². The van der Waals surface area contributed by atoms with Crippen LogP contribution >= 0.6 is 0 Å². The van der Waals surface area contributed by atoms with Crippen LogP contribution in [0.1, 0.15) is 44.5 Å². The van der Waals surface area contributed by atoms with Gasteiger partial charge in [-0.1, -0.05) is 449 Å². The minimum atomic E-state index is -0.663. The molecule has 0 N–H and O–H groups in total. The molecule has 0 fully saturated rings. The normalized spacial score (nSPS) is 12.7. The van der Waals surface area contributed by atoms with Gasteiger partial charge in [0.05, 0.1) is 22.2 Å². The Kier molecular flexibility index (Phi) is 18.4. The third kappa shape index (κ3) is 12.2. The van der Waals surface area contributed by atoms with Gasteiger partial charge in [-0.05, 0) is 227 Å². The molecule has 24 rings (SSSR count). The number of fused-ring (bicyclic) bond motifs is 12. The number of hydrogen-bond acceptors (Lipinski definition) is 2. The highest BCUT2D eigenvalue weighted by Crippen LogP contribution is 2.62. The molecule has 0 heterocycles. The summed E-state index contributed by atoms with van der Waals surface area (Å²) in [5.41, 5.74) is 35.8. The van der Waals surface area contributed by atoms with Crippen LogP contribution in [0.25, 0.3) is 143 Å². The molecular weight excluding hydrogens is 1540 g/mol. The molecule has 128 heavy (non-hydrogen) atoms. The Labute approximate surface area is 746 Å². The fourth-order valence-electron chi connectivity index (χ4n) is 21.7. The Bertz CT molecular complexity index is 7930. The lowest BCUT2D eigenvalue weighted by atomic mass is 9.67. The Morgan fingerprint density at radius 1 is 0.133 bits per heavy atom. The molecule has 0 radical (unpaired) electrons. The summed E-state index contributed by atoms with van der Waals surface area (Å²) in [5.74, 6) is 0. The maximum absolute atomic E-state index is 2.61. The minimum Gasteiger partial charge on any atom is -0.309 e. The predicted molar refractivity (Wildman–Crippen MR) is 538 cm³/mol. The number of benzene rings is 22. The molecule has 2 aliphatic carbocycles. The fraction of sp³-hybridized carbons (Fsp3) is 0.0159. The van der Waals surface area contributed by atoms with Crippen LogP contribution in [0.15, 0.2) is 510 Å². The monoisotopic (exact) mass is 1620 g/mol. The summed E-state index contributed by atoms with van der Waals surface area (Å²) in [5, 5.41) is 9.42. The van der Waals surface area contributed by atoms with E-state index in [2.05, 4.69) is 519 Å². The molecule has 0 unspecified atom stereocenters. The second-order valence-corrected chi connectivity index (χ2v) is 33.9. The summed E-state index contributed by atoms with van der Waals surface area (Å²) < 4.78 is 0. The van der Waals surface area contributed by atoms with E-state index in [9.17, 15) is 0 Å². The largest absolute Gasteiger partial charge is 0.309 e. The third-order valence-electron chi connectivity index (χ3n) is 27.2. The second kappa shape index (κ2) is 31.4. The smallest absolute Gasteiger partial charge is 0.0714 e. The second-order valence-electron chi connectivity index (χ2n) is 33.9. The van der Waals surface area contributed by atoms with Gasteiger partial charge in [-0.15, -0.1) is 0 Å². The standard InChI is InChI=1S/C126H84N2/c1-9-38-85(39-10-1)102-77-73-98(82-116(102)87-42-13-3-14-43-87)128(100-75-79-110-108-61-34-36-67-118(108)126(120(110)84-100,95-52-21-7-22-53-95)96-54-23-8-24-55-96)124-114-65-32-28-59-106(114)104-57-26-30-63-112(104)122(124)92-47-37-46-90(80-92)91-70-76-101(115(81-91)86-40-11-2-12-41-86)88-68-71-97(72-69-88)127(123-113-64-31-27-58-105(113)103-56-25-29-62-111(103)121(123)89-44-15-4-16-45-89)99-74-78-109-107-60-33-35-66-117(107)125(119(109)83-99,93-48-17-5-18-49-93)94-50-19-6-20-51-94/h1-84H. The van der Waals surface area contributed by atoms with Crippen molar-refractivity contribution in [2.24, 2.45) is 0 Å². The highest BCUT2D eigenvalue weighted by molar-refractivity contribution is 6.24. The SMILES string of the molecule is c1ccc(-c2ccc(N(c3ccc4c(c3)C(c3ccccc3)(c3ccccc3)c3ccccc3-4)c3c(-c4cccc(-c5ccc(-c6ccc(N(c7ccc8c(c7)C(c7ccccc7)(c7ccccc7)c7ccccc7-8)c7c(-c8ccccc8)c8ccccc8c8ccccc78)cc6)c(-c6ccccc6)c5)c4)c4ccccc4c4ccccc34)cc2-c2ccccc2)cc1. The molecule has 598 valence electrons. The maximum atomic E-state index is 2.61. The summed E-state index contributed by atoms with van der Waals surface area (Å²) >= 11 is 0. The van der Waals surface area contributed by atoms with E-state index in [0.717, 1.165) is 123 Å². The van der Waals surface area contributed by atoms with E-state index in [-0.39, 0.29) is 0 Å². The lowest BCUT2D eigenvalue weighted by Crippen LogP contribution is -2.28. The Balaban J connectivity index is 0.699. The Hall–Kier alpha value is -16.5. The van der Waals surface area contributed by atoms with Gasteiger partial charge in [0, 0.05) is 44.6 Å². The van der Waals surface area contributed by atoms with Crippen molar-refractivity contribution in [2.45, 2.75) is 10.8 Å². The maximum Gasteiger partial charge on any atom is 0.0714 e. The summed E-state index contributed by atoms with van der Waals surface area (Å²) in [6, 6.07) is 191. The van der Waals surface area contributed by atoms with Gasteiger partial charge in [-0.25, -0.2) is 0 Å². The van der Waals surface area contributed by atoms with Gasteiger partial charge in [0.25, 0.3) is 0 Å². The first-order valence-electron chi connectivity index (χ1n) is 44.4. The molecule has 22 aromatic rings. The third-order valence-corrected chi connectivity index (χ3v) is 27.2. The first-order chi connectivity index (χ1) is 63.5. The molecule has 0 aliphatic heterocycles. The zero-order valence-corrected chi connectivity index (χ0v) is 70.4. The number of hydrogen-bond donors (Lipinski definition) is 0. The van der Waals surface area contributed by atoms with Crippen LogP contribution in [-0.2, 0) is 10.8 Å². The molecule has 2 heteroatoms. The molecular formula is C126H84N2. The van der Waals surface area contributed by atoms with Crippen molar-refractivity contribution < 1.29 is 0 Å². The average molecular weight is 1630 g/mol. The molecule has 0 amide bonds. The summed E-state index contributed by atoms with van der Waals surface area (Å²) in [6.07, 6.45) is 0. The van der Waals surface area contributed by atoms with Gasteiger partial charge in [0.1, 0.15) is 0 Å². The van der Waals surface area contributed by atoms with Crippen molar-refractivity contribution in [3.8, 4) is 100 Å². The molecule has 0 aromatic heterocycles. The Morgan fingerprint density at radius 2 is 0.398 bits per heavy atom. The van der Waals surface area contributed by atoms with Gasteiger partial charge < -0.3 is 9.80 Å². The first kappa shape index (κ1) is 75.2. The van der Waals surface area contributed by atoms with Crippen molar-refractivity contribution >= 4 is 77.2 Å². The van der Waals surface area contributed by atoms with Crippen LogP contribution in [-0.4, -0.2) is 0 Å². The van der Waals surface area contributed by atoms with E-state index in [0.29, 0.717) is 0 Å². The van der Waals surface area contributed by atoms with Gasteiger partial charge in [-0.3, -0.25) is 0 Å². The quantitative estimate of drug-likeness (QED) is 0.0839. The number of rotatable bonds is 17. The summed E-state index contributed by atoms with van der Waals surface area (Å²) in [4.78, 5) is 5.17. The van der Waals surface area contributed by atoms with E-state index in [1.54, 1.807) is 0 Å². The number of nitrogens with zero attached hydrogens (tertiary/aromatic N) is 2. The van der Waals surface area contributed by atoms with Gasteiger partial charge in [-0.2, -0.15) is 0 Å².